The summed E-state index contributed by atoms with van der Waals surface area (Å²) in [6.07, 6.45) is 0. The summed E-state index contributed by atoms with van der Waals surface area (Å²) in [6, 6.07) is 10.4. The lowest BCUT2D eigenvalue weighted by atomic mass is 10.3. The molecule has 0 unspecified atom stereocenters. The van der Waals surface area contributed by atoms with Gasteiger partial charge in [0.05, 0.1) is 35.2 Å². The smallest absolute Gasteiger partial charge is 0.179 e. The molecule has 3 rings (SSSR count). The monoisotopic (exact) mass is 321 g/mol. The molecule has 0 aliphatic carbocycles. The van der Waals surface area contributed by atoms with Gasteiger partial charge in [0.2, 0.25) is 0 Å². The molecule has 1 aliphatic rings. The molecule has 0 atom stereocenters. The van der Waals surface area contributed by atoms with Crippen LogP contribution in [0.1, 0.15) is 11.4 Å². The minimum Gasteiger partial charge on any atom is -0.390 e. The van der Waals surface area contributed by atoms with Crippen LogP contribution in [0.2, 0.25) is 0 Å². The average Bonchev–Trinajstić information content (AvgIpc) is 2.96. The number of aliphatic hydroxyl groups excluding tert-OH is 1. The molecule has 0 saturated carbocycles. The van der Waals surface area contributed by atoms with Gasteiger partial charge in [-0.3, -0.25) is 9.58 Å². The summed E-state index contributed by atoms with van der Waals surface area (Å²) in [6.45, 7) is 2.58. The van der Waals surface area contributed by atoms with E-state index in [1.807, 2.05) is 16.8 Å². The zero-order chi connectivity index (χ0) is 15.6. The molecule has 6 nitrogen and oxygen atoms in total. The second-order valence-corrected chi connectivity index (χ2v) is 7.53. The fourth-order valence-corrected chi connectivity index (χ4v) is 3.95. The lowest BCUT2D eigenvalue weighted by Gasteiger charge is -2.27. The number of hydrogen-bond donors (Lipinski definition) is 1. The van der Waals surface area contributed by atoms with Crippen LogP contribution < -0.4 is 0 Å². The number of nitrogens with zero attached hydrogens (tertiary/aromatic N) is 3. The number of aromatic nitrogens is 2. The Hall–Kier alpha value is -1.70. The molecular weight excluding hydrogens is 302 g/mol. The minimum absolute atomic E-state index is 0.0671. The fourth-order valence-electron chi connectivity index (χ4n) is 2.64. The van der Waals surface area contributed by atoms with Crippen molar-refractivity contribution in [3.63, 3.8) is 0 Å². The molecule has 1 N–H and O–H groups in total. The number of fused-ring (bicyclic) bond motifs is 1. The van der Waals surface area contributed by atoms with Crippen molar-refractivity contribution in [2.24, 2.45) is 0 Å². The van der Waals surface area contributed by atoms with Crippen LogP contribution in [-0.4, -0.2) is 47.0 Å². The predicted octanol–water partition coefficient (Wildman–Crippen LogP) is 0.665. The molecule has 0 amide bonds. The van der Waals surface area contributed by atoms with Crippen molar-refractivity contribution in [1.29, 1.82) is 0 Å². The van der Waals surface area contributed by atoms with E-state index in [0.717, 1.165) is 18.8 Å². The zero-order valence-electron chi connectivity index (χ0n) is 12.2. The Labute approximate surface area is 129 Å². The van der Waals surface area contributed by atoms with Crippen LogP contribution in [0.15, 0.2) is 41.3 Å². The van der Waals surface area contributed by atoms with Gasteiger partial charge in [-0.15, -0.1) is 0 Å². The SMILES string of the molecule is O=S(=O)(CCN1CCn2nc(CO)cc2C1)c1ccccc1. The van der Waals surface area contributed by atoms with Crippen LogP contribution >= 0.6 is 0 Å². The summed E-state index contributed by atoms with van der Waals surface area (Å²) in [5, 5.41) is 13.4. The molecule has 0 radical (unpaired) electrons. The number of hydrogen-bond acceptors (Lipinski definition) is 5. The molecule has 118 valence electrons. The van der Waals surface area contributed by atoms with E-state index in [9.17, 15) is 8.42 Å². The Morgan fingerprint density at radius 2 is 1.95 bits per heavy atom. The maximum Gasteiger partial charge on any atom is 0.179 e. The quantitative estimate of drug-likeness (QED) is 0.876. The van der Waals surface area contributed by atoms with E-state index in [4.69, 9.17) is 5.11 Å². The van der Waals surface area contributed by atoms with Crippen LogP contribution in [0, 0.1) is 0 Å². The number of rotatable bonds is 5. The predicted molar refractivity (Wildman–Crippen MR) is 81.9 cm³/mol. The number of sulfone groups is 1. The van der Waals surface area contributed by atoms with Gasteiger partial charge in [-0.05, 0) is 18.2 Å². The van der Waals surface area contributed by atoms with Gasteiger partial charge in [0.15, 0.2) is 9.84 Å². The standard InChI is InChI=1S/C15H19N3O3S/c19-12-13-10-14-11-17(6-7-18(14)16-13)8-9-22(20,21)15-4-2-1-3-5-15/h1-5,10,19H,6-9,11-12H2. The Morgan fingerprint density at radius 3 is 2.68 bits per heavy atom. The number of benzene rings is 1. The highest BCUT2D eigenvalue weighted by Crippen LogP contribution is 2.15. The molecule has 0 fully saturated rings. The van der Waals surface area contributed by atoms with E-state index in [1.54, 1.807) is 24.3 Å². The summed E-state index contributed by atoms with van der Waals surface area (Å²) in [4.78, 5) is 2.48. The maximum atomic E-state index is 12.3. The Morgan fingerprint density at radius 1 is 1.18 bits per heavy atom. The minimum atomic E-state index is -3.24. The molecule has 7 heteroatoms. The van der Waals surface area contributed by atoms with E-state index >= 15 is 0 Å². The fraction of sp³-hybridized carbons (Fsp3) is 0.400. The van der Waals surface area contributed by atoms with Crippen molar-refractivity contribution in [2.75, 3.05) is 18.8 Å². The third-order valence-corrected chi connectivity index (χ3v) is 5.58. The van der Waals surface area contributed by atoms with Gasteiger partial charge in [0.1, 0.15) is 0 Å². The molecule has 1 aromatic carbocycles. The van der Waals surface area contributed by atoms with Crippen LogP contribution in [0.25, 0.3) is 0 Å². The molecule has 0 bridgehead atoms. The third kappa shape index (κ3) is 3.21. The van der Waals surface area contributed by atoms with Crippen molar-refractivity contribution < 1.29 is 13.5 Å². The molecule has 1 aromatic heterocycles. The third-order valence-electron chi connectivity index (χ3n) is 3.87. The van der Waals surface area contributed by atoms with E-state index in [2.05, 4.69) is 10.00 Å². The van der Waals surface area contributed by atoms with Crippen molar-refractivity contribution in [3.8, 4) is 0 Å². The van der Waals surface area contributed by atoms with Gasteiger partial charge >= 0.3 is 0 Å². The molecule has 22 heavy (non-hydrogen) atoms. The van der Waals surface area contributed by atoms with Gasteiger partial charge in [-0.2, -0.15) is 5.10 Å². The van der Waals surface area contributed by atoms with Crippen LogP contribution in [0.3, 0.4) is 0 Å². The average molecular weight is 321 g/mol. The van der Waals surface area contributed by atoms with Crippen molar-refractivity contribution in [2.45, 2.75) is 24.6 Å². The lowest BCUT2D eigenvalue weighted by molar-refractivity contribution is 0.223. The van der Waals surface area contributed by atoms with Gasteiger partial charge in [-0.1, -0.05) is 18.2 Å². The highest BCUT2D eigenvalue weighted by Gasteiger charge is 2.21. The van der Waals surface area contributed by atoms with E-state index in [1.165, 1.54) is 0 Å². The second kappa shape index (κ2) is 6.20. The highest BCUT2D eigenvalue weighted by molar-refractivity contribution is 7.91. The molecule has 0 saturated heterocycles. The summed E-state index contributed by atoms with van der Waals surface area (Å²) in [7, 11) is -3.24. The Balaban J connectivity index is 1.63. The van der Waals surface area contributed by atoms with Gasteiger partial charge in [0.25, 0.3) is 0 Å². The van der Waals surface area contributed by atoms with Gasteiger partial charge < -0.3 is 5.11 Å². The summed E-state index contributed by atoms with van der Waals surface area (Å²) >= 11 is 0. The van der Waals surface area contributed by atoms with Gasteiger partial charge in [-0.25, -0.2) is 8.42 Å². The first-order valence-electron chi connectivity index (χ1n) is 7.25. The first kappa shape index (κ1) is 15.2. The normalized spacial score (nSPS) is 15.7. The summed E-state index contributed by atoms with van der Waals surface area (Å²) in [5.41, 5.74) is 1.68. The first-order valence-corrected chi connectivity index (χ1v) is 8.90. The summed E-state index contributed by atoms with van der Waals surface area (Å²) in [5.74, 6) is 0.109. The van der Waals surface area contributed by atoms with E-state index < -0.39 is 9.84 Å². The van der Waals surface area contributed by atoms with Crippen LogP contribution in [-0.2, 0) is 29.5 Å². The lowest BCUT2D eigenvalue weighted by Crippen LogP contribution is -2.36. The summed E-state index contributed by atoms with van der Waals surface area (Å²) < 4.78 is 26.5. The van der Waals surface area contributed by atoms with E-state index in [0.29, 0.717) is 23.7 Å². The molecular formula is C15H19N3O3S. The second-order valence-electron chi connectivity index (χ2n) is 5.42. The molecule has 1 aliphatic heterocycles. The van der Waals surface area contributed by atoms with Crippen LogP contribution in [0.5, 0.6) is 0 Å². The molecule has 2 aromatic rings. The number of aliphatic hydroxyl groups is 1. The zero-order valence-corrected chi connectivity index (χ0v) is 13.0. The molecule has 2 heterocycles. The van der Waals surface area contributed by atoms with Crippen molar-refractivity contribution in [3.05, 3.63) is 47.8 Å². The largest absolute Gasteiger partial charge is 0.390 e. The Bertz CT molecular complexity index is 741. The maximum absolute atomic E-state index is 12.3. The topological polar surface area (TPSA) is 75.4 Å². The molecule has 0 spiro atoms. The van der Waals surface area contributed by atoms with E-state index in [-0.39, 0.29) is 12.4 Å². The van der Waals surface area contributed by atoms with Crippen LogP contribution in [0.4, 0.5) is 0 Å². The highest BCUT2D eigenvalue weighted by atomic mass is 32.2. The van der Waals surface area contributed by atoms with Crippen molar-refractivity contribution in [1.82, 2.24) is 14.7 Å². The van der Waals surface area contributed by atoms with Gasteiger partial charge in [0, 0.05) is 19.6 Å². The Kier molecular flexibility index (Phi) is 4.28. The first-order chi connectivity index (χ1) is 10.6. The van der Waals surface area contributed by atoms with Crippen molar-refractivity contribution >= 4 is 9.84 Å².